The van der Waals surface area contributed by atoms with Crippen molar-refractivity contribution in [2.45, 2.75) is 18.9 Å². The number of hydrogen-bond acceptors (Lipinski definition) is 7. The Morgan fingerprint density at radius 2 is 2.00 bits per heavy atom. The number of aryl methyl sites for hydroxylation is 1. The molecule has 150 valence electrons. The topological polar surface area (TPSA) is 89.0 Å². The van der Waals surface area contributed by atoms with Gasteiger partial charge in [-0.3, -0.25) is 9.78 Å². The summed E-state index contributed by atoms with van der Waals surface area (Å²) in [6, 6.07) is 5.06. The van der Waals surface area contributed by atoms with Crippen LogP contribution < -0.4 is 15.4 Å². The molecule has 0 saturated carbocycles. The Hall–Kier alpha value is -3.14. The highest BCUT2D eigenvalue weighted by Crippen LogP contribution is 2.34. The second-order valence-electron chi connectivity index (χ2n) is 6.58. The molecule has 3 heterocycles. The number of anilines is 1. The van der Waals surface area contributed by atoms with Crippen LogP contribution in [0.1, 0.15) is 17.2 Å². The van der Waals surface area contributed by atoms with E-state index < -0.39 is 23.6 Å². The first-order valence-corrected chi connectivity index (χ1v) is 9.61. The fraction of sp³-hybridized carbons (Fsp3) is 0.263. The van der Waals surface area contributed by atoms with Gasteiger partial charge in [0.05, 0.1) is 7.11 Å². The fourth-order valence-corrected chi connectivity index (χ4v) is 3.99. The van der Waals surface area contributed by atoms with Crippen molar-refractivity contribution in [3.63, 3.8) is 0 Å². The molecule has 1 aromatic carbocycles. The summed E-state index contributed by atoms with van der Waals surface area (Å²) < 4.78 is 33.9. The highest BCUT2D eigenvalue weighted by Gasteiger charge is 2.39. The van der Waals surface area contributed by atoms with Crippen molar-refractivity contribution in [1.82, 2.24) is 20.5 Å². The van der Waals surface area contributed by atoms with Crippen LogP contribution in [-0.4, -0.2) is 40.8 Å². The number of benzene rings is 1. The Bertz CT molecular complexity index is 1030. The molecule has 1 fully saturated rings. The standard InChI is InChI=1S/C19H17F2N5O2S/c1-9-3-4-10(7-22-9)18-25-26-19(29-18)24-16-12(8-23-17(16)27)15-13(20)5-11(28-2)6-14(15)21/h3-7,12,16H,8H2,1-2H3,(H,23,27)(H,24,26)/t12-,16-/m0/s1. The normalized spacial score (nSPS) is 18.6. The van der Waals surface area contributed by atoms with Gasteiger partial charge in [0.2, 0.25) is 11.0 Å². The van der Waals surface area contributed by atoms with Gasteiger partial charge in [0.1, 0.15) is 23.4 Å². The molecule has 4 rings (SSSR count). The van der Waals surface area contributed by atoms with Gasteiger partial charge < -0.3 is 15.4 Å². The fourth-order valence-electron chi connectivity index (χ4n) is 3.21. The third-order valence-electron chi connectivity index (χ3n) is 4.70. The second kappa shape index (κ2) is 7.70. The number of ether oxygens (including phenoxy) is 1. The van der Waals surface area contributed by atoms with E-state index in [1.165, 1.54) is 18.4 Å². The van der Waals surface area contributed by atoms with Gasteiger partial charge in [0.25, 0.3) is 0 Å². The average Bonchev–Trinajstić information content (AvgIpc) is 3.30. The summed E-state index contributed by atoms with van der Waals surface area (Å²) in [7, 11) is 1.33. The van der Waals surface area contributed by atoms with E-state index in [4.69, 9.17) is 4.74 Å². The summed E-state index contributed by atoms with van der Waals surface area (Å²) in [5.41, 5.74) is 1.50. The second-order valence-corrected chi connectivity index (χ2v) is 7.56. The lowest BCUT2D eigenvalue weighted by atomic mass is 9.93. The highest BCUT2D eigenvalue weighted by atomic mass is 32.1. The van der Waals surface area contributed by atoms with Crippen molar-refractivity contribution in [3.05, 3.63) is 53.4 Å². The Morgan fingerprint density at radius 3 is 2.66 bits per heavy atom. The number of halogens is 2. The predicted octanol–water partition coefficient (Wildman–Crippen LogP) is 2.89. The van der Waals surface area contributed by atoms with Gasteiger partial charge in [-0.05, 0) is 19.1 Å². The van der Waals surface area contributed by atoms with Crippen LogP contribution in [0.25, 0.3) is 10.6 Å². The minimum atomic E-state index is -0.885. The molecule has 0 unspecified atom stereocenters. The molecule has 0 aliphatic carbocycles. The van der Waals surface area contributed by atoms with E-state index in [-0.39, 0.29) is 23.8 Å². The van der Waals surface area contributed by atoms with E-state index in [1.807, 2.05) is 19.1 Å². The van der Waals surface area contributed by atoms with E-state index in [0.29, 0.717) is 10.1 Å². The van der Waals surface area contributed by atoms with Gasteiger partial charge >= 0.3 is 0 Å². The van der Waals surface area contributed by atoms with Crippen molar-refractivity contribution in [2.75, 3.05) is 19.0 Å². The molecule has 1 aliphatic rings. The van der Waals surface area contributed by atoms with Crippen LogP contribution in [0.15, 0.2) is 30.5 Å². The van der Waals surface area contributed by atoms with Crippen LogP contribution in [0.5, 0.6) is 5.75 Å². The molecular weight excluding hydrogens is 400 g/mol. The van der Waals surface area contributed by atoms with Crippen LogP contribution in [0.3, 0.4) is 0 Å². The minimum Gasteiger partial charge on any atom is -0.497 e. The van der Waals surface area contributed by atoms with Crippen LogP contribution in [0, 0.1) is 18.6 Å². The maximum absolute atomic E-state index is 14.5. The molecule has 2 N–H and O–H groups in total. The third kappa shape index (κ3) is 3.75. The highest BCUT2D eigenvalue weighted by molar-refractivity contribution is 7.18. The summed E-state index contributed by atoms with van der Waals surface area (Å²) in [5.74, 6) is -2.57. The van der Waals surface area contributed by atoms with E-state index in [9.17, 15) is 13.6 Å². The molecule has 0 spiro atoms. The first-order chi connectivity index (χ1) is 14.0. The van der Waals surface area contributed by atoms with Gasteiger partial charge in [0.15, 0.2) is 5.01 Å². The maximum atomic E-state index is 14.5. The van der Waals surface area contributed by atoms with Crippen LogP contribution in [0.2, 0.25) is 0 Å². The Balaban J connectivity index is 1.59. The number of hydrogen-bond donors (Lipinski definition) is 2. The number of nitrogens with zero attached hydrogens (tertiary/aromatic N) is 3. The summed E-state index contributed by atoms with van der Waals surface area (Å²) in [6.45, 7) is 1.98. The SMILES string of the molecule is COc1cc(F)c([C@@H]2CNC(=O)[C@H]2Nc2nnc(-c3ccc(C)nc3)s2)c(F)c1. The lowest BCUT2D eigenvalue weighted by Gasteiger charge is -2.19. The first kappa shape index (κ1) is 19.2. The van der Waals surface area contributed by atoms with Crippen LogP contribution in [0.4, 0.5) is 13.9 Å². The number of carbonyl (C=O) groups excluding carboxylic acids is 1. The number of methoxy groups -OCH3 is 1. The molecule has 7 nitrogen and oxygen atoms in total. The largest absolute Gasteiger partial charge is 0.497 e. The number of nitrogens with one attached hydrogen (secondary N) is 2. The molecule has 10 heteroatoms. The Morgan fingerprint density at radius 1 is 1.24 bits per heavy atom. The summed E-state index contributed by atoms with van der Waals surface area (Å²) in [6.07, 6.45) is 1.69. The molecule has 1 saturated heterocycles. The molecule has 0 radical (unpaired) electrons. The summed E-state index contributed by atoms with van der Waals surface area (Å²) in [4.78, 5) is 16.6. The monoisotopic (exact) mass is 417 g/mol. The number of rotatable bonds is 5. The lowest BCUT2D eigenvalue weighted by molar-refractivity contribution is -0.119. The molecule has 2 aromatic heterocycles. The lowest BCUT2D eigenvalue weighted by Crippen LogP contribution is -2.33. The van der Waals surface area contributed by atoms with Gasteiger partial charge in [0, 0.05) is 47.6 Å². The zero-order valence-corrected chi connectivity index (χ0v) is 16.4. The van der Waals surface area contributed by atoms with Gasteiger partial charge in [-0.2, -0.15) is 0 Å². The van der Waals surface area contributed by atoms with Crippen molar-refractivity contribution in [3.8, 4) is 16.3 Å². The van der Waals surface area contributed by atoms with E-state index in [2.05, 4.69) is 25.8 Å². The van der Waals surface area contributed by atoms with Crippen molar-refractivity contribution >= 4 is 22.4 Å². The molecule has 29 heavy (non-hydrogen) atoms. The van der Waals surface area contributed by atoms with E-state index in [1.54, 1.807) is 6.20 Å². The Labute approximate surface area is 169 Å². The molecule has 0 bridgehead atoms. The Kier molecular flexibility index (Phi) is 5.10. The zero-order chi connectivity index (χ0) is 20.5. The first-order valence-electron chi connectivity index (χ1n) is 8.80. The quantitative estimate of drug-likeness (QED) is 0.664. The van der Waals surface area contributed by atoms with Gasteiger partial charge in [-0.25, -0.2) is 8.78 Å². The smallest absolute Gasteiger partial charge is 0.243 e. The van der Waals surface area contributed by atoms with Crippen molar-refractivity contribution < 1.29 is 18.3 Å². The minimum absolute atomic E-state index is 0.0750. The molecule has 1 amide bonds. The predicted molar refractivity (Wildman–Crippen MR) is 104 cm³/mol. The van der Waals surface area contributed by atoms with Crippen molar-refractivity contribution in [1.29, 1.82) is 0 Å². The number of aromatic nitrogens is 3. The number of carbonyl (C=O) groups is 1. The van der Waals surface area contributed by atoms with Gasteiger partial charge in [-0.1, -0.05) is 11.3 Å². The van der Waals surface area contributed by atoms with Gasteiger partial charge in [-0.15, -0.1) is 10.2 Å². The van der Waals surface area contributed by atoms with E-state index in [0.717, 1.165) is 23.4 Å². The average molecular weight is 417 g/mol. The summed E-state index contributed by atoms with van der Waals surface area (Å²) in [5, 5.41) is 14.8. The van der Waals surface area contributed by atoms with Crippen LogP contribution in [-0.2, 0) is 4.79 Å². The number of amides is 1. The van der Waals surface area contributed by atoms with Crippen molar-refractivity contribution in [2.24, 2.45) is 0 Å². The zero-order valence-electron chi connectivity index (χ0n) is 15.6. The third-order valence-corrected chi connectivity index (χ3v) is 5.61. The molecular formula is C19H17F2N5O2S. The molecule has 3 aromatic rings. The number of pyridine rings is 1. The van der Waals surface area contributed by atoms with Crippen LogP contribution >= 0.6 is 11.3 Å². The maximum Gasteiger partial charge on any atom is 0.243 e. The molecule has 2 atom stereocenters. The van der Waals surface area contributed by atoms with E-state index >= 15 is 0 Å². The summed E-state index contributed by atoms with van der Waals surface area (Å²) >= 11 is 1.23. The molecule has 1 aliphatic heterocycles.